The third-order valence-electron chi connectivity index (χ3n) is 3.84. The number of nitro groups is 1. The first kappa shape index (κ1) is 19.3. The van der Waals surface area contributed by atoms with Crippen LogP contribution in [0, 0.1) is 15.9 Å². The van der Waals surface area contributed by atoms with Crippen LogP contribution in [-0.4, -0.2) is 32.3 Å². The molecule has 1 heterocycles. The minimum Gasteiger partial charge on any atom is -0.506 e. The van der Waals surface area contributed by atoms with Gasteiger partial charge in [-0.2, -0.15) is 0 Å². The molecule has 1 unspecified atom stereocenters. The molecule has 2 aromatic carbocycles. The van der Waals surface area contributed by atoms with E-state index in [4.69, 9.17) is 0 Å². The summed E-state index contributed by atoms with van der Waals surface area (Å²) in [5.41, 5.74) is -0.336. The Kier molecular flexibility index (Phi) is 5.27. The number of nitrogens with zero attached hydrogens (tertiary/aromatic N) is 2. The molecule has 1 aliphatic heterocycles. The van der Waals surface area contributed by atoms with Gasteiger partial charge in [0.1, 0.15) is 16.8 Å². The number of aromatic hydroxyl groups is 1. The number of anilines is 2. The SMILES string of the molecule is O=C(CC1SC(=O)N(c2ccc(F)cc2)C1=O)Nc1cc([N+](=O)[O-])ccc1O. The number of rotatable bonds is 5. The van der Waals surface area contributed by atoms with Gasteiger partial charge in [0, 0.05) is 18.6 Å². The van der Waals surface area contributed by atoms with Gasteiger partial charge in [-0.3, -0.25) is 24.5 Å². The summed E-state index contributed by atoms with van der Waals surface area (Å²) in [7, 11) is 0. The molecule has 3 amide bonds. The summed E-state index contributed by atoms with van der Waals surface area (Å²) in [4.78, 5) is 47.8. The predicted molar refractivity (Wildman–Crippen MR) is 98.7 cm³/mol. The smallest absolute Gasteiger partial charge is 0.293 e. The number of carbonyl (C=O) groups excluding carboxylic acids is 3. The zero-order chi connectivity index (χ0) is 20.4. The molecule has 9 nitrogen and oxygen atoms in total. The van der Waals surface area contributed by atoms with Crippen LogP contribution >= 0.6 is 11.8 Å². The maximum Gasteiger partial charge on any atom is 0.293 e. The summed E-state index contributed by atoms with van der Waals surface area (Å²) >= 11 is 0.644. The number of imide groups is 1. The van der Waals surface area contributed by atoms with Crippen LogP contribution in [0.3, 0.4) is 0 Å². The zero-order valence-electron chi connectivity index (χ0n) is 14.0. The van der Waals surface area contributed by atoms with Gasteiger partial charge in [-0.05, 0) is 42.1 Å². The molecule has 28 heavy (non-hydrogen) atoms. The van der Waals surface area contributed by atoms with Crippen molar-refractivity contribution in [3.63, 3.8) is 0 Å². The molecule has 3 rings (SSSR count). The first-order valence-corrected chi connectivity index (χ1v) is 8.71. The second-order valence-electron chi connectivity index (χ2n) is 5.73. The van der Waals surface area contributed by atoms with Crippen LogP contribution in [0.15, 0.2) is 42.5 Å². The standard InChI is InChI=1S/C17H12FN3O6S/c18-9-1-3-10(4-2-9)20-16(24)14(28-17(20)25)8-15(23)19-12-7-11(21(26)27)5-6-13(12)22/h1-7,14,22H,8H2,(H,19,23). The third-order valence-corrected chi connectivity index (χ3v) is 4.88. The lowest BCUT2D eigenvalue weighted by Crippen LogP contribution is -2.32. The van der Waals surface area contributed by atoms with Crippen molar-refractivity contribution in [2.75, 3.05) is 10.2 Å². The van der Waals surface area contributed by atoms with E-state index in [1.54, 1.807) is 0 Å². The lowest BCUT2D eigenvalue weighted by molar-refractivity contribution is -0.384. The highest BCUT2D eigenvalue weighted by atomic mass is 32.2. The van der Waals surface area contributed by atoms with Crippen molar-refractivity contribution < 1.29 is 28.8 Å². The van der Waals surface area contributed by atoms with Crippen LogP contribution in [0.1, 0.15) is 6.42 Å². The minimum atomic E-state index is -1.02. The van der Waals surface area contributed by atoms with E-state index in [-0.39, 0.29) is 22.8 Å². The van der Waals surface area contributed by atoms with E-state index in [1.165, 1.54) is 12.1 Å². The Morgan fingerprint density at radius 2 is 1.93 bits per heavy atom. The van der Waals surface area contributed by atoms with Gasteiger partial charge in [0.2, 0.25) is 11.8 Å². The molecule has 0 spiro atoms. The molecule has 1 aliphatic rings. The van der Waals surface area contributed by atoms with Gasteiger partial charge in [-0.1, -0.05) is 0 Å². The summed E-state index contributed by atoms with van der Waals surface area (Å²) < 4.78 is 13.0. The van der Waals surface area contributed by atoms with Crippen LogP contribution in [0.2, 0.25) is 0 Å². The van der Waals surface area contributed by atoms with Gasteiger partial charge < -0.3 is 10.4 Å². The molecule has 2 N–H and O–H groups in total. The van der Waals surface area contributed by atoms with Gasteiger partial charge in [-0.25, -0.2) is 9.29 Å². The molecule has 0 radical (unpaired) electrons. The molecule has 11 heteroatoms. The quantitative estimate of drug-likeness (QED) is 0.444. The van der Waals surface area contributed by atoms with Gasteiger partial charge in [0.15, 0.2) is 0 Å². The fraction of sp³-hybridized carbons (Fsp3) is 0.118. The minimum absolute atomic E-state index is 0.183. The van der Waals surface area contributed by atoms with Crippen molar-refractivity contribution in [2.24, 2.45) is 0 Å². The monoisotopic (exact) mass is 405 g/mol. The molecule has 1 saturated heterocycles. The molecular weight excluding hydrogens is 393 g/mol. The number of nitrogens with one attached hydrogen (secondary N) is 1. The fourth-order valence-corrected chi connectivity index (χ4v) is 3.50. The largest absolute Gasteiger partial charge is 0.506 e. The predicted octanol–water partition coefficient (Wildman–Crippen LogP) is 3.04. The Hall–Kier alpha value is -3.47. The number of thioether (sulfide) groups is 1. The highest BCUT2D eigenvalue weighted by Gasteiger charge is 2.41. The van der Waals surface area contributed by atoms with Crippen LogP contribution in [-0.2, 0) is 9.59 Å². The van der Waals surface area contributed by atoms with Crippen molar-refractivity contribution in [2.45, 2.75) is 11.7 Å². The first-order valence-electron chi connectivity index (χ1n) is 7.83. The number of phenolic OH excluding ortho intramolecular Hbond substituents is 1. The van der Waals surface area contributed by atoms with Crippen LogP contribution in [0.5, 0.6) is 5.75 Å². The van der Waals surface area contributed by atoms with Crippen molar-refractivity contribution in [1.82, 2.24) is 0 Å². The summed E-state index contributed by atoms with van der Waals surface area (Å²) in [6.45, 7) is 0. The van der Waals surface area contributed by atoms with Gasteiger partial charge >= 0.3 is 0 Å². The molecule has 144 valence electrons. The second kappa shape index (κ2) is 7.64. The lowest BCUT2D eigenvalue weighted by atomic mass is 10.2. The number of nitro benzene ring substituents is 1. The van der Waals surface area contributed by atoms with Crippen LogP contribution in [0.4, 0.5) is 26.2 Å². The maximum absolute atomic E-state index is 13.0. The number of halogens is 1. The Labute approximate surface area is 161 Å². The Balaban J connectivity index is 1.70. The number of carbonyl (C=O) groups is 3. The van der Waals surface area contributed by atoms with E-state index in [0.29, 0.717) is 11.8 Å². The molecule has 0 aliphatic carbocycles. The normalized spacial score (nSPS) is 16.3. The number of non-ortho nitro benzene ring substituents is 1. The maximum atomic E-state index is 13.0. The summed E-state index contributed by atoms with van der Waals surface area (Å²) in [6.07, 6.45) is -0.394. The van der Waals surface area contributed by atoms with Crippen molar-refractivity contribution in [1.29, 1.82) is 0 Å². The van der Waals surface area contributed by atoms with E-state index in [1.807, 2.05) is 0 Å². The number of hydrogen-bond donors (Lipinski definition) is 2. The van der Waals surface area contributed by atoms with E-state index in [2.05, 4.69) is 5.32 Å². The molecule has 2 aromatic rings. The van der Waals surface area contributed by atoms with Crippen LogP contribution < -0.4 is 10.2 Å². The molecular formula is C17H12FN3O6S. The molecule has 0 bridgehead atoms. The summed E-state index contributed by atoms with van der Waals surface area (Å²) in [5, 5.41) is 21.2. The van der Waals surface area contributed by atoms with E-state index < -0.39 is 39.5 Å². The number of phenols is 1. The Morgan fingerprint density at radius 3 is 2.57 bits per heavy atom. The summed E-state index contributed by atoms with van der Waals surface area (Å²) in [6, 6.07) is 7.86. The van der Waals surface area contributed by atoms with Gasteiger partial charge in [0.05, 0.1) is 16.3 Å². The van der Waals surface area contributed by atoms with Gasteiger partial charge in [-0.15, -0.1) is 0 Å². The van der Waals surface area contributed by atoms with Gasteiger partial charge in [0.25, 0.3) is 10.9 Å². The number of hydrogen-bond acceptors (Lipinski definition) is 7. The first-order chi connectivity index (χ1) is 13.3. The average molecular weight is 405 g/mol. The van der Waals surface area contributed by atoms with Crippen LogP contribution in [0.25, 0.3) is 0 Å². The van der Waals surface area contributed by atoms with E-state index in [0.717, 1.165) is 35.2 Å². The van der Waals surface area contributed by atoms with E-state index >= 15 is 0 Å². The third kappa shape index (κ3) is 3.93. The molecule has 0 aromatic heterocycles. The van der Waals surface area contributed by atoms with Crippen molar-refractivity contribution in [3.05, 3.63) is 58.4 Å². The fourth-order valence-electron chi connectivity index (χ4n) is 2.52. The highest BCUT2D eigenvalue weighted by Crippen LogP contribution is 2.34. The molecule has 1 fully saturated rings. The number of benzene rings is 2. The molecule has 1 atom stereocenters. The highest BCUT2D eigenvalue weighted by molar-refractivity contribution is 8.15. The van der Waals surface area contributed by atoms with E-state index in [9.17, 15) is 34.0 Å². The molecule has 0 saturated carbocycles. The topological polar surface area (TPSA) is 130 Å². The summed E-state index contributed by atoms with van der Waals surface area (Å²) in [5.74, 6) is -2.26. The zero-order valence-corrected chi connectivity index (χ0v) is 14.8. The second-order valence-corrected chi connectivity index (χ2v) is 6.89. The Morgan fingerprint density at radius 1 is 1.25 bits per heavy atom. The average Bonchev–Trinajstić information content (AvgIpc) is 2.91. The van der Waals surface area contributed by atoms with Crippen molar-refractivity contribution >= 4 is 45.9 Å². The van der Waals surface area contributed by atoms with Crippen molar-refractivity contribution in [3.8, 4) is 5.75 Å². The Bertz CT molecular complexity index is 981. The number of amides is 3. The lowest BCUT2D eigenvalue weighted by Gasteiger charge is -2.14.